The average Bonchev–Trinajstić information content (AvgIpc) is 2.98. The second kappa shape index (κ2) is 5.85. The third kappa shape index (κ3) is 2.95. The highest BCUT2D eigenvalue weighted by Crippen LogP contribution is 2.21. The zero-order valence-electron chi connectivity index (χ0n) is 12.7. The van der Waals surface area contributed by atoms with Crippen molar-refractivity contribution in [2.45, 2.75) is 13.5 Å². The van der Waals surface area contributed by atoms with E-state index in [2.05, 4.69) is 10.3 Å². The lowest BCUT2D eigenvalue weighted by Crippen LogP contribution is -2.27. The number of hydrogen-bond acceptors (Lipinski definition) is 4. The fraction of sp³-hybridized carbons (Fsp3) is 0.188. The summed E-state index contributed by atoms with van der Waals surface area (Å²) in [6, 6.07) is 9.39. The molecule has 0 aliphatic carbocycles. The van der Waals surface area contributed by atoms with Crippen molar-refractivity contribution in [1.29, 1.82) is 0 Å². The van der Waals surface area contributed by atoms with Crippen molar-refractivity contribution in [2.24, 2.45) is 7.05 Å². The lowest BCUT2D eigenvalue weighted by atomic mass is 10.1. The van der Waals surface area contributed by atoms with Gasteiger partial charge in [-0.2, -0.15) is 0 Å². The summed E-state index contributed by atoms with van der Waals surface area (Å²) in [5.74, 6) is -0.265. The highest BCUT2D eigenvalue weighted by molar-refractivity contribution is 7.20. The minimum Gasteiger partial charge on any atom is -0.347 e. The van der Waals surface area contributed by atoms with Gasteiger partial charge in [-0.05, 0) is 18.6 Å². The molecule has 0 aliphatic heterocycles. The predicted octanol–water partition coefficient (Wildman–Crippen LogP) is 1.53. The van der Waals surface area contributed by atoms with Crippen molar-refractivity contribution >= 4 is 27.5 Å². The first kappa shape index (κ1) is 15.2. The number of rotatable bonds is 3. The average molecular weight is 329 g/mol. The lowest BCUT2D eigenvalue weighted by Gasteiger charge is -2.04. The first-order chi connectivity index (χ1) is 11.0. The number of fused-ring (bicyclic) bond motifs is 1. The van der Waals surface area contributed by atoms with Gasteiger partial charge in [0.15, 0.2) is 0 Å². The van der Waals surface area contributed by atoms with E-state index >= 15 is 0 Å². The van der Waals surface area contributed by atoms with E-state index in [1.807, 2.05) is 31.2 Å². The molecule has 3 aromatic rings. The molecule has 1 amide bonds. The number of H-pyrrole nitrogens is 1. The third-order valence-corrected chi connectivity index (χ3v) is 4.79. The number of aromatic amines is 1. The first-order valence-corrected chi connectivity index (χ1v) is 7.84. The van der Waals surface area contributed by atoms with Gasteiger partial charge >= 0.3 is 5.69 Å². The van der Waals surface area contributed by atoms with E-state index in [1.165, 1.54) is 10.6 Å². The topological polar surface area (TPSA) is 84.0 Å². The van der Waals surface area contributed by atoms with Crippen LogP contribution in [0.5, 0.6) is 0 Å². The van der Waals surface area contributed by atoms with E-state index in [0.717, 1.165) is 22.5 Å². The number of aryl methyl sites for hydroxylation is 2. The van der Waals surface area contributed by atoms with E-state index in [1.54, 1.807) is 7.05 Å². The van der Waals surface area contributed by atoms with Crippen LogP contribution in [-0.2, 0) is 13.6 Å². The Morgan fingerprint density at radius 2 is 1.96 bits per heavy atom. The smallest absolute Gasteiger partial charge is 0.329 e. The van der Waals surface area contributed by atoms with Crippen LogP contribution in [0.4, 0.5) is 0 Å². The standard InChI is InChI=1S/C16H15N3O3S/c1-9-3-5-10(6-4-9)8-17-14(21)12-7-11-13(20)18-16(22)19(2)15(11)23-12/h3-7H,8H2,1-2H3,(H,17,21)(H,18,20,22). The Morgan fingerprint density at radius 3 is 2.65 bits per heavy atom. The number of thiophene rings is 1. The molecule has 0 saturated carbocycles. The quantitative estimate of drug-likeness (QED) is 0.764. The number of hydrogen-bond donors (Lipinski definition) is 2. The molecule has 0 aliphatic rings. The summed E-state index contributed by atoms with van der Waals surface area (Å²) in [6.45, 7) is 2.41. The monoisotopic (exact) mass is 329 g/mol. The molecule has 3 rings (SSSR count). The molecule has 0 saturated heterocycles. The zero-order valence-corrected chi connectivity index (χ0v) is 13.5. The maximum atomic E-state index is 12.3. The highest BCUT2D eigenvalue weighted by atomic mass is 32.1. The van der Waals surface area contributed by atoms with E-state index < -0.39 is 11.2 Å². The van der Waals surface area contributed by atoms with Gasteiger partial charge in [0.25, 0.3) is 11.5 Å². The van der Waals surface area contributed by atoms with Gasteiger partial charge in [0.05, 0.1) is 10.3 Å². The van der Waals surface area contributed by atoms with Gasteiger partial charge in [-0.25, -0.2) is 4.79 Å². The van der Waals surface area contributed by atoms with Crippen LogP contribution < -0.4 is 16.6 Å². The molecule has 23 heavy (non-hydrogen) atoms. The highest BCUT2D eigenvalue weighted by Gasteiger charge is 2.14. The van der Waals surface area contributed by atoms with Crippen LogP contribution in [0.1, 0.15) is 20.8 Å². The molecular weight excluding hydrogens is 314 g/mol. The predicted molar refractivity (Wildman–Crippen MR) is 90.0 cm³/mol. The maximum Gasteiger partial charge on any atom is 0.329 e. The van der Waals surface area contributed by atoms with Crippen molar-refractivity contribution in [3.63, 3.8) is 0 Å². The Kier molecular flexibility index (Phi) is 3.87. The summed E-state index contributed by atoms with van der Waals surface area (Å²) in [7, 11) is 1.56. The third-order valence-electron chi connectivity index (χ3n) is 3.58. The number of benzene rings is 1. The van der Waals surface area contributed by atoms with Gasteiger partial charge in [-0.3, -0.25) is 19.1 Å². The summed E-state index contributed by atoms with van der Waals surface area (Å²) >= 11 is 1.13. The van der Waals surface area contributed by atoms with Crippen LogP contribution >= 0.6 is 11.3 Å². The Bertz CT molecular complexity index is 996. The fourth-order valence-electron chi connectivity index (χ4n) is 2.22. The first-order valence-electron chi connectivity index (χ1n) is 7.02. The van der Waals surface area contributed by atoms with Gasteiger partial charge in [-0.15, -0.1) is 11.3 Å². The molecule has 7 heteroatoms. The van der Waals surface area contributed by atoms with Crippen molar-refractivity contribution in [3.05, 3.63) is 67.2 Å². The molecule has 0 unspecified atom stereocenters. The van der Waals surface area contributed by atoms with Crippen molar-refractivity contribution < 1.29 is 4.79 Å². The van der Waals surface area contributed by atoms with Crippen LogP contribution in [0.15, 0.2) is 39.9 Å². The van der Waals surface area contributed by atoms with Gasteiger partial charge < -0.3 is 5.32 Å². The Hall–Kier alpha value is -2.67. The number of amides is 1. The Labute approximate surface area is 135 Å². The summed E-state index contributed by atoms with van der Waals surface area (Å²) in [6.07, 6.45) is 0. The molecule has 0 bridgehead atoms. The van der Waals surface area contributed by atoms with Crippen LogP contribution in [0, 0.1) is 6.92 Å². The summed E-state index contributed by atoms with van der Waals surface area (Å²) < 4.78 is 1.33. The summed E-state index contributed by atoms with van der Waals surface area (Å²) in [4.78, 5) is 38.8. The Balaban J connectivity index is 1.85. The SMILES string of the molecule is Cc1ccc(CNC(=O)c2cc3c(=O)[nH]c(=O)n(C)c3s2)cc1. The number of carbonyl (C=O) groups is 1. The molecule has 0 fully saturated rings. The van der Waals surface area contributed by atoms with E-state index in [-0.39, 0.29) is 5.91 Å². The summed E-state index contributed by atoms with van der Waals surface area (Å²) in [5, 5.41) is 3.17. The lowest BCUT2D eigenvalue weighted by molar-refractivity contribution is 0.0955. The van der Waals surface area contributed by atoms with Gasteiger partial charge in [-0.1, -0.05) is 29.8 Å². The number of nitrogens with zero attached hydrogens (tertiary/aromatic N) is 1. The number of carbonyl (C=O) groups excluding carboxylic acids is 1. The zero-order chi connectivity index (χ0) is 16.6. The van der Waals surface area contributed by atoms with E-state index in [0.29, 0.717) is 21.6 Å². The van der Waals surface area contributed by atoms with Crippen molar-refractivity contribution in [3.8, 4) is 0 Å². The molecule has 2 aromatic heterocycles. The molecule has 2 N–H and O–H groups in total. The van der Waals surface area contributed by atoms with Gasteiger partial charge in [0.2, 0.25) is 0 Å². The molecule has 118 valence electrons. The fourth-order valence-corrected chi connectivity index (χ4v) is 3.25. The van der Waals surface area contributed by atoms with Crippen LogP contribution in [0.2, 0.25) is 0 Å². The Morgan fingerprint density at radius 1 is 1.26 bits per heavy atom. The normalized spacial score (nSPS) is 10.9. The van der Waals surface area contributed by atoms with Crippen LogP contribution in [-0.4, -0.2) is 15.5 Å². The number of aromatic nitrogens is 2. The molecule has 0 spiro atoms. The maximum absolute atomic E-state index is 12.3. The van der Waals surface area contributed by atoms with Crippen LogP contribution in [0.25, 0.3) is 10.2 Å². The summed E-state index contributed by atoms with van der Waals surface area (Å²) in [5.41, 5.74) is 1.19. The van der Waals surface area contributed by atoms with Gasteiger partial charge in [0, 0.05) is 13.6 Å². The molecule has 6 nitrogen and oxygen atoms in total. The van der Waals surface area contributed by atoms with E-state index in [4.69, 9.17) is 0 Å². The van der Waals surface area contributed by atoms with Crippen molar-refractivity contribution in [2.75, 3.05) is 0 Å². The second-order valence-corrected chi connectivity index (χ2v) is 6.35. The van der Waals surface area contributed by atoms with Gasteiger partial charge in [0.1, 0.15) is 4.83 Å². The molecule has 0 radical (unpaired) electrons. The molecular formula is C16H15N3O3S. The second-order valence-electron chi connectivity index (χ2n) is 5.32. The molecule has 0 atom stereocenters. The van der Waals surface area contributed by atoms with Crippen LogP contribution in [0.3, 0.4) is 0 Å². The largest absolute Gasteiger partial charge is 0.347 e. The number of nitrogens with one attached hydrogen (secondary N) is 2. The van der Waals surface area contributed by atoms with Crippen molar-refractivity contribution in [1.82, 2.24) is 14.9 Å². The minimum absolute atomic E-state index is 0.265. The minimum atomic E-state index is -0.490. The molecule has 2 heterocycles. The molecule has 1 aromatic carbocycles. The van der Waals surface area contributed by atoms with E-state index in [9.17, 15) is 14.4 Å².